The standard InChI is InChI=1S/C28H40N4O6/c1-17(2)26-19(4)9-10-24(34)30-11-5-7-18(3)13-21(33)14-20(29)15-25-31-22(16-37-25)27(35)32-12-6-8-23(32)28(36)38-26/h5,7,9-10,13,16-17,19-21,23,26,33H,6,8,11-12,14-15,29H2,1-4H3,(H,30,34)/b7-5+,10-9+,18-13+/t19-,20+,21-,23-,26?/m1/s1. The van der Waals surface area contributed by atoms with Gasteiger partial charge in [0.25, 0.3) is 5.91 Å². The van der Waals surface area contributed by atoms with Crippen LogP contribution in [0.1, 0.15) is 63.3 Å². The maximum atomic E-state index is 13.2. The normalized spacial score (nSPS) is 31.7. The smallest absolute Gasteiger partial charge is 0.329 e. The minimum Gasteiger partial charge on any atom is -0.460 e. The van der Waals surface area contributed by atoms with Gasteiger partial charge in [-0.2, -0.15) is 0 Å². The Morgan fingerprint density at radius 2 is 2.00 bits per heavy atom. The minimum atomic E-state index is -0.781. The molecule has 3 rings (SSSR count). The number of amides is 2. The van der Waals surface area contributed by atoms with Gasteiger partial charge in [-0.05, 0) is 38.2 Å². The number of cyclic esters (lactones) is 1. The van der Waals surface area contributed by atoms with E-state index in [1.807, 2.05) is 33.8 Å². The van der Waals surface area contributed by atoms with Crippen molar-refractivity contribution in [3.05, 3.63) is 53.8 Å². The molecule has 0 saturated carbocycles. The number of esters is 1. The molecule has 1 fully saturated rings. The summed E-state index contributed by atoms with van der Waals surface area (Å²) in [7, 11) is 0. The van der Waals surface area contributed by atoms with Crippen LogP contribution in [0.25, 0.3) is 0 Å². The Kier molecular flexibility index (Phi) is 10.4. The van der Waals surface area contributed by atoms with Gasteiger partial charge >= 0.3 is 5.97 Å². The SMILES string of the molecule is CC1=C\[C@@H](O)C[C@H](N)Cc2nc(co2)C(=O)N2CCC[C@@H]2C(=O)OC(C(C)C)[C@H](C)/C=C/C(=O)NC\C=C\1. The Balaban J connectivity index is 1.85. The fourth-order valence-corrected chi connectivity index (χ4v) is 4.82. The number of nitrogens with one attached hydrogen (secondary N) is 1. The number of aliphatic hydroxyl groups excluding tert-OH is 1. The van der Waals surface area contributed by atoms with Crippen molar-refractivity contribution in [1.82, 2.24) is 15.2 Å². The van der Waals surface area contributed by atoms with Crippen molar-refractivity contribution >= 4 is 17.8 Å². The highest BCUT2D eigenvalue weighted by Crippen LogP contribution is 2.25. The summed E-state index contributed by atoms with van der Waals surface area (Å²) in [6.45, 7) is 8.37. The van der Waals surface area contributed by atoms with Crippen molar-refractivity contribution < 1.29 is 28.6 Å². The number of carbonyl (C=O) groups is 3. The van der Waals surface area contributed by atoms with E-state index < -0.39 is 36.2 Å². The van der Waals surface area contributed by atoms with Crippen molar-refractivity contribution in [1.29, 1.82) is 0 Å². The number of ether oxygens (including phenoxy) is 1. The lowest BCUT2D eigenvalue weighted by molar-refractivity contribution is -0.158. The summed E-state index contributed by atoms with van der Waals surface area (Å²) >= 11 is 0. The zero-order valence-electron chi connectivity index (χ0n) is 22.6. The minimum absolute atomic E-state index is 0.00273. The average Bonchev–Trinajstić information content (AvgIpc) is 3.52. The van der Waals surface area contributed by atoms with Crippen molar-refractivity contribution in [2.75, 3.05) is 13.1 Å². The number of nitrogens with two attached hydrogens (primary N) is 1. The van der Waals surface area contributed by atoms with Gasteiger partial charge in [0.05, 0.1) is 6.10 Å². The molecule has 38 heavy (non-hydrogen) atoms. The van der Waals surface area contributed by atoms with Gasteiger partial charge in [0.15, 0.2) is 11.6 Å². The summed E-state index contributed by atoms with van der Waals surface area (Å²) in [6, 6.07) is -1.17. The van der Waals surface area contributed by atoms with Crippen molar-refractivity contribution in [3.8, 4) is 0 Å². The highest BCUT2D eigenvalue weighted by Gasteiger charge is 2.38. The van der Waals surface area contributed by atoms with Crippen molar-refractivity contribution in [2.45, 2.75) is 77.7 Å². The first-order chi connectivity index (χ1) is 18.0. The zero-order chi connectivity index (χ0) is 27.8. The number of nitrogens with zero attached hydrogens (tertiary/aromatic N) is 2. The summed E-state index contributed by atoms with van der Waals surface area (Å²) in [6.07, 6.45) is 10.2. The Morgan fingerprint density at radius 3 is 2.74 bits per heavy atom. The molecule has 208 valence electrons. The van der Waals surface area contributed by atoms with Crippen LogP contribution in [0, 0.1) is 11.8 Å². The predicted molar refractivity (Wildman–Crippen MR) is 142 cm³/mol. The number of aromatic nitrogens is 1. The average molecular weight is 529 g/mol. The molecule has 0 radical (unpaired) electrons. The fraction of sp³-hybridized carbons (Fsp3) is 0.571. The molecule has 1 unspecified atom stereocenters. The van der Waals surface area contributed by atoms with Crippen LogP contribution in [0.3, 0.4) is 0 Å². The number of allylic oxidation sites excluding steroid dienone is 2. The van der Waals surface area contributed by atoms with E-state index in [1.54, 1.807) is 18.2 Å². The molecule has 0 spiro atoms. The molecule has 2 amide bonds. The molecule has 5 atom stereocenters. The number of hydrogen-bond acceptors (Lipinski definition) is 8. The van der Waals surface area contributed by atoms with Crippen LogP contribution in [0.4, 0.5) is 0 Å². The van der Waals surface area contributed by atoms with Crippen molar-refractivity contribution in [3.63, 3.8) is 0 Å². The van der Waals surface area contributed by atoms with Gasteiger partial charge in [-0.15, -0.1) is 0 Å². The topological polar surface area (TPSA) is 148 Å². The molecule has 0 aromatic carbocycles. The summed E-state index contributed by atoms with van der Waals surface area (Å²) < 4.78 is 11.4. The lowest BCUT2D eigenvalue weighted by Crippen LogP contribution is -2.44. The van der Waals surface area contributed by atoms with Crippen LogP contribution in [0.15, 0.2) is 46.6 Å². The Morgan fingerprint density at radius 1 is 1.24 bits per heavy atom. The first-order valence-corrected chi connectivity index (χ1v) is 13.3. The van der Waals surface area contributed by atoms with E-state index in [1.165, 1.54) is 17.2 Å². The molecular weight excluding hydrogens is 488 g/mol. The lowest BCUT2D eigenvalue weighted by atomic mass is 9.94. The fourth-order valence-electron chi connectivity index (χ4n) is 4.82. The number of aliphatic hydroxyl groups is 1. The largest absolute Gasteiger partial charge is 0.460 e. The van der Waals surface area contributed by atoms with Gasteiger partial charge < -0.3 is 30.2 Å². The van der Waals surface area contributed by atoms with Crippen LogP contribution in [0.2, 0.25) is 0 Å². The third kappa shape index (κ3) is 8.13. The number of rotatable bonds is 1. The molecule has 0 aliphatic carbocycles. The monoisotopic (exact) mass is 528 g/mol. The molecule has 2 bridgehead atoms. The lowest BCUT2D eigenvalue weighted by Gasteiger charge is -2.29. The predicted octanol–water partition coefficient (Wildman–Crippen LogP) is 2.29. The Bertz CT molecular complexity index is 1080. The van der Waals surface area contributed by atoms with Gasteiger partial charge in [-0.25, -0.2) is 9.78 Å². The maximum Gasteiger partial charge on any atom is 0.329 e. The maximum absolute atomic E-state index is 13.2. The number of oxazole rings is 1. The third-order valence-corrected chi connectivity index (χ3v) is 6.75. The van der Waals surface area contributed by atoms with E-state index in [0.29, 0.717) is 31.8 Å². The van der Waals surface area contributed by atoms with E-state index in [2.05, 4.69) is 10.3 Å². The molecule has 10 heteroatoms. The zero-order valence-corrected chi connectivity index (χ0v) is 22.6. The van der Waals surface area contributed by atoms with Crippen molar-refractivity contribution in [2.24, 2.45) is 17.6 Å². The van der Waals surface area contributed by atoms with Gasteiger partial charge in [-0.3, -0.25) is 9.59 Å². The highest BCUT2D eigenvalue weighted by atomic mass is 16.5. The second-order valence-electron chi connectivity index (χ2n) is 10.5. The van der Waals surface area contributed by atoms with Crippen LogP contribution < -0.4 is 11.1 Å². The molecule has 2 aliphatic rings. The van der Waals surface area contributed by atoms with E-state index in [-0.39, 0.29) is 36.3 Å². The second-order valence-corrected chi connectivity index (χ2v) is 10.5. The highest BCUT2D eigenvalue weighted by molar-refractivity contribution is 5.95. The molecule has 2 aliphatic heterocycles. The third-order valence-electron chi connectivity index (χ3n) is 6.75. The Hall–Kier alpha value is -3.24. The van der Waals surface area contributed by atoms with Crippen LogP contribution >= 0.6 is 0 Å². The summed E-state index contributed by atoms with van der Waals surface area (Å²) in [4.78, 5) is 44.5. The molecule has 1 aromatic rings. The first kappa shape index (κ1) is 29.3. The number of carbonyl (C=O) groups excluding carboxylic acids is 3. The van der Waals surface area contributed by atoms with E-state index in [4.69, 9.17) is 14.9 Å². The molecule has 3 heterocycles. The number of fused-ring (bicyclic) bond motifs is 3. The summed E-state index contributed by atoms with van der Waals surface area (Å²) in [5.74, 6) is -1.06. The van der Waals surface area contributed by atoms with Gasteiger partial charge in [-0.1, -0.05) is 50.6 Å². The number of hydrogen-bond donors (Lipinski definition) is 3. The van der Waals surface area contributed by atoms with E-state index in [0.717, 1.165) is 5.57 Å². The molecule has 1 saturated heterocycles. The summed E-state index contributed by atoms with van der Waals surface area (Å²) in [5.41, 5.74) is 7.12. The van der Waals surface area contributed by atoms with Gasteiger partial charge in [0.1, 0.15) is 18.4 Å². The molecular formula is C28H40N4O6. The van der Waals surface area contributed by atoms with Crippen LogP contribution in [0.5, 0.6) is 0 Å². The quantitative estimate of drug-likeness (QED) is 0.470. The van der Waals surface area contributed by atoms with E-state index in [9.17, 15) is 19.5 Å². The summed E-state index contributed by atoms with van der Waals surface area (Å²) in [5, 5.41) is 13.2. The molecule has 1 aromatic heterocycles. The second kappa shape index (κ2) is 13.5. The first-order valence-electron chi connectivity index (χ1n) is 13.3. The van der Waals surface area contributed by atoms with E-state index >= 15 is 0 Å². The van der Waals surface area contributed by atoms with Crippen LogP contribution in [-0.2, 0) is 20.7 Å². The Labute approximate surface area is 224 Å². The molecule has 4 N–H and O–H groups in total. The van der Waals surface area contributed by atoms with Gasteiger partial charge in [0, 0.05) is 31.5 Å². The van der Waals surface area contributed by atoms with Gasteiger partial charge in [0.2, 0.25) is 5.91 Å². The molecule has 10 nitrogen and oxygen atoms in total. The van der Waals surface area contributed by atoms with Crippen LogP contribution in [-0.4, -0.2) is 70.2 Å².